The summed E-state index contributed by atoms with van der Waals surface area (Å²) in [7, 11) is 1.65. The molecule has 0 spiro atoms. The Morgan fingerprint density at radius 3 is 2.53 bits per heavy atom. The number of benzene rings is 1. The maximum Gasteiger partial charge on any atom is 0.0890 e. The van der Waals surface area contributed by atoms with Crippen molar-refractivity contribution in [3.63, 3.8) is 0 Å². The van der Waals surface area contributed by atoms with Crippen LogP contribution in [0.3, 0.4) is 0 Å². The Bertz CT molecular complexity index is 516. The lowest BCUT2D eigenvalue weighted by Gasteiger charge is -2.10. The zero-order chi connectivity index (χ0) is 12.3. The standard InChI is InChI=1S/C13H15ClN2O/c1-9-13(7-10(14)8-17-2)16-12-6-4-3-5-11(12)15-9/h3-6,10H,7-8H2,1-2H3. The number of nitrogens with zero attached hydrogens (tertiary/aromatic N) is 2. The molecule has 2 aromatic rings. The monoisotopic (exact) mass is 250 g/mol. The summed E-state index contributed by atoms with van der Waals surface area (Å²) in [6.45, 7) is 2.49. The van der Waals surface area contributed by atoms with E-state index in [0.717, 1.165) is 22.4 Å². The van der Waals surface area contributed by atoms with E-state index in [1.54, 1.807) is 7.11 Å². The molecule has 1 atom stereocenters. The van der Waals surface area contributed by atoms with Gasteiger partial charge in [-0.15, -0.1) is 11.6 Å². The molecule has 1 unspecified atom stereocenters. The first-order chi connectivity index (χ1) is 8.20. The normalized spacial score (nSPS) is 12.9. The molecular formula is C13H15ClN2O. The van der Waals surface area contributed by atoms with Crippen LogP contribution in [0.5, 0.6) is 0 Å². The van der Waals surface area contributed by atoms with Gasteiger partial charge in [0.1, 0.15) is 0 Å². The Labute approximate surface area is 106 Å². The molecule has 0 aliphatic rings. The molecule has 4 heteroatoms. The van der Waals surface area contributed by atoms with Gasteiger partial charge in [-0.05, 0) is 19.1 Å². The summed E-state index contributed by atoms with van der Waals surface area (Å²) in [4.78, 5) is 9.12. The van der Waals surface area contributed by atoms with Gasteiger partial charge in [-0.3, -0.25) is 0 Å². The predicted molar refractivity (Wildman–Crippen MR) is 69.5 cm³/mol. The summed E-state index contributed by atoms with van der Waals surface area (Å²) in [5.41, 5.74) is 3.72. The van der Waals surface area contributed by atoms with E-state index in [0.29, 0.717) is 13.0 Å². The van der Waals surface area contributed by atoms with Crippen LogP contribution in [0, 0.1) is 6.92 Å². The smallest absolute Gasteiger partial charge is 0.0890 e. The third-order valence-electron chi connectivity index (χ3n) is 2.61. The Morgan fingerprint density at radius 2 is 1.88 bits per heavy atom. The first-order valence-corrected chi connectivity index (χ1v) is 5.99. The lowest BCUT2D eigenvalue weighted by Crippen LogP contribution is -2.13. The largest absolute Gasteiger partial charge is 0.383 e. The summed E-state index contributed by atoms with van der Waals surface area (Å²) >= 11 is 6.15. The molecule has 17 heavy (non-hydrogen) atoms. The van der Waals surface area contributed by atoms with E-state index in [1.165, 1.54) is 0 Å². The highest BCUT2D eigenvalue weighted by Gasteiger charge is 2.11. The van der Waals surface area contributed by atoms with Gasteiger partial charge in [0.2, 0.25) is 0 Å². The van der Waals surface area contributed by atoms with E-state index in [1.807, 2.05) is 31.2 Å². The lowest BCUT2D eigenvalue weighted by atomic mass is 10.2. The molecule has 1 aromatic carbocycles. The Hall–Kier alpha value is -1.19. The topological polar surface area (TPSA) is 35.0 Å². The molecule has 0 aliphatic heterocycles. The second-order valence-electron chi connectivity index (χ2n) is 4.00. The Balaban J connectivity index is 2.31. The maximum atomic E-state index is 6.15. The van der Waals surface area contributed by atoms with Gasteiger partial charge < -0.3 is 4.74 Å². The van der Waals surface area contributed by atoms with E-state index < -0.39 is 0 Å². The molecule has 3 nitrogen and oxygen atoms in total. The van der Waals surface area contributed by atoms with Gasteiger partial charge in [0.05, 0.1) is 34.4 Å². The molecule has 0 saturated carbocycles. The SMILES string of the molecule is COCC(Cl)Cc1nc2ccccc2nc1C. The molecule has 2 rings (SSSR count). The van der Waals surface area contributed by atoms with Gasteiger partial charge in [-0.2, -0.15) is 0 Å². The molecule has 1 aromatic heterocycles. The number of methoxy groups -OCH3 is 1. The average Bonchev–Trinajstić information content (AvgIpc) is 2.30. The zero-order valence-electron chi connectivity index (χ0n) is 9.98. The van der Waals surface area contributed by atoms with Crippen LogP contribution in [0.2, 0.25) is 0 Å². The van der Waals surface area contributed by atoms with Gasteiger partial charge in [0, 0.05) is 13.5 Å². The van der Waals surface area contributed by atoms with Crippen molar-refractivity contribution in [3.8, 4) is 0 Å². The van der Waals surface area contributed by atoms with Crippen molar-refractivity contribution < 1.29 is 4.74 Å². The molecule has 0 radical (unpaired) electrons. The molecular weight excluding hydrogens is 236 g/mol. The van der Waals surface area contributed by atoms with E-state index in [-0.39, 0.29) is 5.38 Å². The molecule has 0 fully saturated rings. The quantitative estimate of drug-likeness (QED) is 0.783. The van der Waals surface area contributed by atoms with Crippen LogP contribution in [-0.4, -0.2) is 29.1 Å². The third kappa shape index (κ3) is 2.93. The number of hydrogen-bond acceptors (Lipinski definition) is 3. The van der Waals surface area contributed by atoms with Gasteiger partial charge in [0.15, 0.2) is 0 Å². The van der Waals surface area contributed by atoms with Crippen LogP contribution in [0.15, 0.2) is 24.3 Å². The number of rotatable bonds is 4. The first kappa shape index (κ1) is 12.3. The fourth-order valence-electron chi connectivity index (χ4n) is 1.77. The van der Waals surface area contributed by atoms with Crippen LogP contribution >= 0.6 is 11.6 Å². The second kappa shape index (κ2) is 5.43. The van der Waals surface area contributed by atoms with Crippen molar-refractivity contribution in [2.24, 2.45) is 0 Å². The minimum Gasteiger partial charge on any atom is -0.383 e. The highest BCUT2D eigenvalue weighted by molar-refractivity contribution is 6.20. The maximum absolute atomic E-state index is 6.15. The van der Waals surface area contributed by atoms with Crippen LogP contribution in [0.1, 0.15) is 11.4 Å². The molecule has 0 amide bonds. The predicted octanol–water partition coefficient (Wildman–Crippen LogP) is 2.73. The van der Waals surface area contributed by atoms with E-state index in [2.05, 4.69) is 9.97 Å². The Kier molecular flexibility index (Phi) is 3.92. The minimum absolute atomic E-state index is 0.0610. The molecule has 0 aliphatic carbocycles. The zero-order valence-corrected chi connectivity index (χ0v) is 10.7. The van der Waals surface area contributed by atoms with Crippen molar-refractivity contribution in [3.05, 3.63) is 35.7 Å². The Morgan fingerprint density at radius 1 is 1.24 bits per heavy atom. The number of halogens is 1. The van der Waals surface area contributed by atoms with Crippen molar-refractivity contribution in [1.82, 2.24) is 9.97 Å². The van der Waals surface area contributed by atoms with Crippen molar-refractivity contribution >= 4 is 22.6 Å². The van der Waals surface area contributed by atoms with Crippen LogP contribution < -0.4 is 0 Å². The van der Waals surface area contributed by atoms with Gasteiger partial charge in [-0.1, -0.05) is 12.1 Å². The number of para-hydroxylation sites is 2. The third-order valence-corrected chi connectivity index (χ3v) is 2.89. The van der Waals surface area contributed by atoms with E-state index >= 15 is 0 Å². The van der Waals surface area contributed by atoms with E-state index in [4.69, 9.17) is 16.3 Å². The van der Waals surface area contributed by atoms with Crippen molar-refractivity contribution in [2.75, 3.05) is 13.7 Å². The lowest BCUT2D eigenvalue weighted by molar-refractivity contribution is 0.197. The summed E-state index contributed by atoms with van der Waals surface area (Å²) < 4.78 is 5.02. The number of fused-ring (bicyclic) bond motifs is 1. The summed E-state index contributed by atoms with van der Waals surface area (Å²) in [6.07, 6.45) is 0.680. The molecule has 90 valence electrons. The van der Waals surface area contributed by atoms with Gasteiger partial charge in [-0.25, -0.2) is 9.97 Å². The van der Waals surface area contributed by atoms with Gasteiger partial charge >= 0.3 is 0 Å². The molecule has 0 saturated heterocycles. The van der Waals surface area contributed by atoms with E-state index in [9.17, 15) is 0 Å². The molecule has 0 N–H and O–H groups in total. The van der Waals surface area contributed by atoms with Gasteiger partial charge in [0.25, 0.3) is 0 Å². The van der Waals surface area contributed by atoms with Crippen LogP contribution in [-0.2, 0) is 11.2 Å². The second-order valence-corrected chi connectivity index (χ2v) is 4.62. The number of alkyl halides is 1. The minimum atomic E-state index is -0.0610. The molecule has 1 heterocycles. The van der Waals surface area contributed by atoms with Crippen LogP contribution in [0.25, 0.3) is 11.0 Å². The van der Waals surface area contributed by atoms with Crippen LogP contribution in [0.4, 0.5) is 0 Å². The average molecular weight is 251 g/mol. The fourth-order valence-corrected chi connectivity index (χ4v) is 2.04. The number of aryl methyl sites for hydroxylation is 1. The molecule has 0 bridgehead atoms. The first-order valence-electron chi connectivity index (χ1n) is 5.56. The summed E-state index contributed by atoms with van der Waals surface area (Å²) in [5, 5.41) is -0.0610. The van der Waals surface area contributed by atoms with Crippen molar-refractivity contribution in [1.29, 1.82) is 0 Å². The van der Waals surface area contributed by atoms with Crippen molar-refractivity contribution in [2.45, 2.75) is 18.7 Å². The summed E-state index contributed by atoms with van der Waals surface area (Å²) in [5.74, 6) is 0. The highest BCUT2D eigenvalue weighted by Crippen LogP contribution is 2.15. The fraction of sp³-hybridized carbons (Fsp3) is 0.385. The number of aromatic nitrogens is 2. The number of hydrogen-bond donors (Lipinski definition) is 0. The number of ether oxygens (including phenoxy) is 1. The highest BCUT2D eigenvalue weighted by atomic mass is 35.5. The summed E-state index contributed by atoms with van der Waals surface area (Å²) in [6, 6.07) is 7.85.